The number of hydrogen-bond acceptors (Lipinski definition) is 4. The highest BCUT2D eigenvalue weighted by atomic mass is 32.1. The van der Waals surface area contributed by atoms with Crippen molar-refractivity contribution in [2.75, 3.05) is 0 Å². The van der Waals surface area contributed by atoms with Crippen LogP contribution in [0.1, 0.15) is 21.3 Å². The Kier molecular flexibility index (Phi) is 1.35. The van der Waals surface area contributed by atoms with Crippen molar-refractivity contribution in [3.05, 3.63) is 21.9 Å². The molecule has 0 amide bonds. The number of thiophene rings is 1. The first-order chi connectivity index (χ1) is 5.22. The smallest absolute Gasteiger partial charge is 0.204 e. The summed E-state index contributed by atoms with van der Waals surface area (Å²) >= 11 is 1.26. The van der Waals surface area contributed by atoms with E-state index >= 15 is 0 Å². The van der Waals surface area contributed by atoms with Gasteiger partial charge >= 0.3 is 0 Å². The number of ketones is 1. The molecule has 4 heteroatoms. The predicted molar refractivity (Wildman–Crippen MR) is 39.6 cm³/mol. The number of hydrogen-bond donors (Lipinski definition) is 2. The highest BCUT2D eigenvalue weighted by molar-refractivity contribution is 7.12. The van der Waals surface area contributed by atoms with Crippen LogP contribution in [0.3, 0.4) is 0 Å². The quantitative estimate of drug-likeness (QED) is 0.590. The number of rotatable bonds is 0. The zero-order valence-electron chi connectivity index (χ0n) is 5.52. The van der Waals surface area contributed by atoms with E-state index in [0.29, 0.717) is 10.4 Å². The van der Waals surface area contributed by atoms with Crippen molar-refractivity contribution in [2.24, 2.45) is 0 Å². The van der Waals surface area contributed by atoms with Crippen molar-refractivity contribution in [1.82, 2.24) is 0 Å². The first-order valence-electron chi connectivity index (χ1n) is 3.19. The van der Waals surface area contributed by atoms with Gasteiger partial charge in [0.05, 0.1) is 4.88 Å². The fourth-order valence-electron chi connectivity index (χ4n) is 1.20. The number of carbonyl (C=O) groups is 1. The van der Waals surface area contributed by atoms with E-state index in [1.54, 1.807) is 11.4 Å². The summed E-state index contributed by atoms with van der Waals surface area (Å²) in [5.74, 6) is -0.359. The van der Waals surface area contributed by atoms with Gasteiger partial charge in [-0.25, -0.2) is 0 Å². The van der Waals surface area contributed by atoms with E-state index in [-0.39, 0.29) is 5.78 Å². The van der Waals surface area contributed by atoms with E-state index in [2.05, 4.69) is 0 Å². The molecule has 0 aliphatic heterocycles. The molecule has 0 radical (unpaired) electrons. The molecular formula is C7H6O3S. The Labute approximate surface area is 66.9 Å². The average Bonchev–Trinajstić information content (AvgIpc) is 2.53. The fourth-order valence-corrected chi connectivity index (χ4v) is 2.11. The number of Topliss-reactive ketones (excluding diaryl/α,β-unsaturated/α-hetero) is 1. The van der Waals surface area contributed by atoms with Crippen molar-refractivity contribution < 1.29 is 15.0 Å². The maximum Gasteiger partial charge on any atom is 0.204 e. The fraction of sp³-hybridized carbons (Fsp3) is 0.286. The van der Waals surface area contributed by atoms with Crippen molar-refractivity contribution >= 4 is 17.1 Å². The Morgan fingerprint density at radius 1 is 1.36 bits per heavy atom. The van der Waals surface area contributed by atoms with Crippen LogP contribution in [-0.2, 0) is 0 Å². The molecule has 58 valence electrons. The summed E-state index contributed by atoms with van der Waals surface area (Å²) in [6.07, 6.45) is -2.25. The van der Waals surface area contributed by atoms with E-state index in [1.807, 2.05) is 0 Å². The number of aliphatic hydroxyl groups is 2. The summed E-state index contributed by atoms with van der Waals surface area (Å²) in [4.78, 5) is 11.6. The minimum atomic E-state index is -1.24. The molecule has 11 heavy (non-hydrogen) atoms. The monoisotopic (exact) mass is 170 g/mol. The molecule has 2 N–H and O–H groups in total. The van der Waals surface area contributed by atoms with E-state index in [4.69, 9.17) is 5.11 Å². The summed E-state index contributed by atoms with van der Waals surface area (Å²) in [6, 6.07) is 1.67. The molecule has 0 saturated heterocycles. The molecule has 1 aliphatic carbocycles. The lowest BCUT2D eigenvalue weighted by molar-refractivity contribution is 0.0297. The van der Waals surface area contributed by atoms with Gasteiger partial charge in [-0.3, -0.25) is 4.79 Å². The zero-order valence-corrected chi connectivity index (χ0v) is 6.34. The van der Waals surface area contributed by atoms with E-state index < -0.39 is 12.2 Å². The molecule has 0 fully saturated rings. The Balaban J connectivity index is 2.56. The summed E-state index contributed by atoms with van der Waals surface area (Å²) < 4.78 is 0. The van der Waals surface area contributed by atoms with E-state index in [1.165, 1.54) is 11.3 Å². The third-order valence-corrected chi connectivity index (χ3v) is 2.75. The van der Waals surface area contributed by atoms with Gasteiger partial charge in [-0.15, -0.1) is 11.3 Å². The van der Waals surface area contributed by atoms with Crippen LogP contribution in [0.5, 0.6) is 0 Å². The Hall–Kier alpha value is -0.710. The van der Waals surface area contributed by atoms with Gasteiger partial charge in [0, 0.05) is 5.56 Å². The summed E-state index contributed by atoms with van der Waals surface area (Å²) in [7, 11) is 0. The van der Waals surface area contributed by atoms with Crippen LogP contribution in [0.15, 0.2) is 11.4 Å². The highest BCUT2D eigenvalue weighted by Crippen LogP contribution is 2.34. The summed E-state index contributed by atoms with van der Waals surface area (Å²) in [6.45, 7) is 0. The molecule has 2 atom stereocenters. The molecule has 0 spiro atoms. The standard InChI is InChI=1S/C7H6O3S/c8-4-3-1-2-11-7(3)6(10)5(4)9/h1-2,4-5,8-9H. The zero-order chi connectivity index (χ0) is 8.01. The van der Waals surface area contributed by atoms with Gasteiger partial charge in [-0.1, -0.05) is 0 Å². The molecule has 1 heterocycles. The van der Waals surface area contributed by atoms with Crippen LogP contribution < -0.4 is 0 Å². The SMILES string of the molecule is O=C1c2sccc2C(O)C1O. The van der Waals surface area contributed by atoms with Crippen LogP contribution in [0.2, 0.25) is 0 Å². The molecule has 0 saturated carbocycles. The minimum absolute atomic E-state index is 0.359. The van der Waals surface area contributed by atoms with Gasteiger partial charge < -0.3 is 10.2 Å². The third-order valence-electron chi connectivity index (χ3n) is 1.81. The van der Waals surface area contributed by atoms with E-state index in [0.717, 1.165) is 0 Å². The van der Waals surface area contributed by atoms with Crippen molar-refractivity contribution in [1.29, 1.82) is 0 Å². The highest BCUT2D eigenvalue weighted by Gasteiger charge is 2.38. The average molecular weight is 170 g/mol. The Morgan fingerprint density at radius 2 is 2.09 bits per heavy atom. The molecule has 3 nitrogen and oxygen atoms in total. The second-order valence-electron chi connectivity index (χ2n) is 2.46. The van der Waals surface area contributed by atoms with Crippen LogP contribution in [0.25, 0.3) is 0 Å². The van der Waals surface area contributed by atoms with Crippen LogP contribution >= 0.6 is 11.3 Å². The van der Waals surface area contributed by atoms with Crippen molar-refractivity contribution in [3.8, 4) is 0 Å². The molecule has 1 aromatic rings. The third kappa shape index (κ3) is 0.772. The second-order valence-corrected chi connectivity index (χ2v) is 3.38. The molecule has 2 rings (SSSR count). The van der Waals surface area contributed by atoms with Gasteiger partial charge in [-0.2, -0.15) is 0 Å². The predicted octanol–water partition coefficient (Wildman–Crippen LogP) is 0.339. The lowest BCUT2D eigenvalue weighted by atomic mass is 10.2. The Morgan fingerprint density at radius 3 is 2.73 bits per heavy atom. The van der Waals surface area contributed by atoms with Gasteiger partial charge in [-0.05, 0) is 11.4 Å². The Bertz CT molecular complexity index is 304. The van der Waals surface area contributed by atoms with Gasteiger partial charge in [0.1, 0.15) is 12.2 Å². The first kappa shape index (κ1) is 6.97. The largest absolute Gasteiger partial charge is 0.385 e. The minimum Gasteiger partial charge on any atom is -0.385 e. The topological polar surface area (TPSA) is 57.5 Å². The normalized spacial score (nSPS) is 29.1. The maximum atomic E-state index is 11.1. The van der Waals surface area contributed by atoms with Crippen LogP contribution in [0.4, 0.5) is 0 Å². The van der Waals surface area contributed by atoms with E-state index in [9.17, 15) is 9.90 Å². The molecule has 1 aromatic heterocycles. The number of carbonyl (C=O) groups excluding carboxylic acids is 1. The maximum absolute atomic E-state index is 11.1. The molecule has 0 bridgehead atoms. The van der Waals surface area contributed by atoms with Gasteiger partial charge in [0.25, 0.3) is 0 Å². The number of fused-ring (bicyclic) bond motifs is 1. The molecule has 2 unspecified atom stereocenters. The summed E-state index contributed by atoms with van der Waals surface area (Å²) in [5.41, 5.74) is 0.563. The van der Waals surface area contributed by atoms with Crippen molar-refractivity contribution in [3.63, 3.8) is 0 Å². The van der Waals surface area contributed by atoms with Gasteiger partial charge in [0.2, 0.25) is 5.78 Å². The lowest BCUT2D eigenvalue weighted by Gasteiger charge is -2.04. The first-order valence-corrected chi connectivity index (χ1v) is 4.07. The second kappa shape index (κ2) is 2.14. The van der Waals surface area contributed by atoms with Crippen LogP contribution in [0, 0.1) is 0 Å². The lowest BCUT2D eigenvalue weighted by Crippen LogP contribution is -2.18. The van der Waals surface area contributed by atoms with Crippen LogP contribution in [-0.4, -0.2) is 22.1 Å². The molecule has 0 aromatic carbocycles. The van der Waals surface area contributed by atoms with Crippen molar-refractivity contribution in [2.45, 2.75) is 12.2 Å². The molecular weight excluding hydrogens is 164 g/mol. The molecule has 1 aliphatic rings. The number of aliphatic hydroxyl groups excluding tert-OH is 2. The summed E-state index contributed by atoms with van der Waals surface area (Å²) in [5, 5.41) is 20.1. The van der Waals surface area contributed by atoms with Gasteiger partial charge in [0.15, 0.2) is 0 Å².